The molecule has 0 atom stereocenters. The number of urea groups is 1. The van der Waals surface area contributed by atoms with Gasteiger partial charge in [-0.2, -0.15) is 0 Å². The van der Waals surface area contributed by atoms with E-state index in [-0.39, 0.29) is 23.0 Å². The fraction of sp³-hybridized carbons (Fsp3) is 0.500. The Kier molecular flexibility index (Phi) is 6.55. The van der Waals surface area contributed by atoms with Crippen molar-refractivity contribution in [3.05, 3.63) is 39.9 Å². The quantitative estimate of drug-likeness (QED) is 0.485. The summed E-state index contributed by atoms with van der Waals surface area (Å²) in [6, 6.07) is 2.77. The first-order valence-electron chi connectivity index (χ1n) is 10.9. The number of carbonyl (C=O) groups is 2. The number of carboxylic acid groups (broad SMARTS) is 1. The molecule has 8 nitrogen and oxygen atoms in total. The molecule has 32 heavy (non-hydrogen) atoms. The van der Waals surface area contributed by atoms with Crippen molar-refractivity contribution in [2.45, 2.75) is 31.7 Å². The van der Waals surface area contributed by atoms with Crippen molar-refractivity contribution in [2.24, 2.45) is 0 Å². The van der Waals surface area contributed by atoms with E-state index in [0.717, 1.165) is 31.7 Å². The fourth-order valence-corrected chi connectivity index (χ4v) is 4.27. The highest BCUT2D eigenvalue weighted by atomic mass is 35.5. The number of nitrogens with one attached hydrogen (secondary N) is 1. The van der Waals surface area contributed by atoms with Crippen LogP contribution in [0.4, 0.5) is 14.9 Å². The Morgan fingerprint density at radius 2 is 1.88 bits per heavy atom. The number of fused-ring (bicyclic) bond motifs is 1. The van der Waals surface area contributed by atoms with Gasteiger partial charge in [0.05, 0.1) is 11.2 Å². The Labute approximate surface area is 189 Å². The molecule has 2 amide bonds. The van der Waals surface area contributed by atoms with E-state index in [1.807, 2.05) is 4.90 Å². The number of pyridine rings is 1. The van der Waals surface area contributed by atoms with Crippen LogP contribution in [0.15, 0.2) is 23.1 Å². The van der Waals surface area contributed by atoms with Crippen molar-refractivity contribution in [1.29, 1.82) is 0 Å². The number of amides is 2. The van der Waals surface area contributed by atoms with Crippen LogP contribution in [0, 0.1) is 5.82 Å². The molecule has 0 spiro atoms. The first-order valence-corrected chi connectivity index (χ1v) is 11.4. The second kappa shape index (κ2) is 9.36. The first kappa shape index (κ1) is 22.4. The lowest BCUT2D eigenvalue weighted by molar-refractivity contribution is 0.0694. The number of hydrogen-bond donors (Lipinski definition) is 2. The molecule has 2 N–H and O–H groups in total. The van der Waals surface area contributed by atoms with Gasteiger partial charge in [0, 0.05) is 56.2 Å². The lowest BCUT2D eigenvalue weighted by atomic mass is 10.1. The van der Waals surface area contributed by atoms with E-state index in [1.165, 1.54) is 6.20 Å². The van der Waals surface area contributed by atoms with Crippen LogP contribution >= 0.6 is 11.6 Å². The maximum Gasteiger partial charge on any atom is 0.341 e. The summed E-state index contributed by atoms with van der Waals surface area (Å²) in [4.78, 5) is 40.0. The lowest BCUT2D eigenvalue weighted by Gasteiger charge is -2.36. The molecule has 2 aliphatic rings. The smallest absolute Gasteiger partial charge is 0.341 e. The van der Waals surface area contributed by atoms with Gasteiger partial charge in [-0.3, -0.25) is 4.79 Å². The van der Waals surface area contributed by atoms with Gasteiger partial charge in [0.25, 0.3) is 0 Å². The molecule has 1 aromatic heterocycles. The van der Waals surface area contributed by atoms with Gasteiger partial charge in [-0.1, -0.05) is 0 Å². The van der Waals surface area contributed by atoms with Gasteiger partial charge >= 0.3 is 12.0 Å². The average molecular weight is 465 g/mol. The van der Waals surface area contributed by atoms with E-state index >= 15 is 4.39 Å². The average Bonchev–Trinajstić information content (AvgIpc) is 3.62. The lowest BCUT2D eigenvalue weighted by Crippen LogP contribution is -2.52. The molecule has 1 aromatic carbocycles. The van der Waals surface area contributed by atoms with Gasteiger partial charge in [-0.15, -0.1) is 11.6 Å². The van der Waals surface area contributed by atoms with E-state index in [4.69, 9.17) is 11.6 Å². The largest absolute Gasteiger partial charge is 0.477 e. The highest BCUT2D eigenvalue weighted by molar-refractivity contribution is 6.17. The highest BCUT2D eigenvalue weighted by Crippen LogP contribution is 2.38. The van der Waals surface area contributed by atoms with E-state index in [2.05, 4.69) is 5.32 Å². The number of carbonyl (C=O) groups excluding carboxylic acids is 1. The summed E-state index contributed by atoms with van der Waals surface area (Å²) in [5, 5.41) is 12.3. The van der Waals surface area contributed by atoms with Gasteiger partial charge < -0.3 is 24.8 Å². The number of alkyl halides is 1. The normalized spacial score (nSPS) is 16.4. The molecule has 172 valence electrons. The SMILES string of the molecule is O=C(O)c1cn(C2CC2)c2cc(N3CCN(C(=O)NCCCCCl)CC3)c(F)cc2c1=O. The Hall–Kier alpha value is -2.81. The third-order valence-corrected chi connectivity index (χ3v) is 6.28. The summed E-state index contributed by atoms with van der Waals surface area (Å²) in [5.74, 6) is -1.32. The molecule has 2 heterocycles. The maximum atomic E-state index is 15.0. The van der Waals surface area contributed by atoms with Gasteiger partial charge in [0.1, 0.15) is 11.4 Å². The number of rotatable bonds is 7. The second-order valence-electron chi connectivity index (χ2n) is 8.24. The zero-order valence-corrected chi connectivity index (χ0v) is 18.4. The summed E-state index contributed by atoms with van der Waals surface area (Å²) in [6.45, 7) is 2.39. The maximum absolute atomic E-state index is 15.0. The predicted octanol–water partition coefficient (Wildman–Crippen LogP) is 3.02. The Bertz CT molecular complexity index is 1090. The van der Waals surface area contributed by atoms with Gasteiger partial charge in [0.15, 0.2) is 0 Å². The molecule has 0 unspecified atom stereocenters. The summed E-state index contributed by atoms with van der Waals surface area (Å²) >= 11 is 5.65. The second-order valence-corrected chi connectivity index (χ2v) is 8.62. The Balaban J connectivity index is 1.54. The zero-order chi connectivity index (χ0) is 22.8. The molecule has 1 saturated heterocycles. The third kappa shape index (κ3) is 4.53. The Morgan fingerprint density at radius 1 is 1.16 bits per heavy atom. The topological polar surface area (TPSA) is 94.9 Å². The van der Waals surface area contributed by atoms with Gasteiger partial charge in [0.2, 0.25) is 5.43 Å². The summed E-state index contributed by atoms with van der Waals surface area (Å²) in [7, 11) is 0. The van der Waals surface area contributed by atoms with Crippen LogP contribution in [0.1, 0.15) is 42.1 Å². The molecule has 1 saturated carbocycles. The molecule has 1 aliphatic heterocycles. The predicted molar refractivity (Wildman–Crippen MR) is 121 cm³/mol. The van der Waals surface area contributed by atoms with Crippen molar-refractivity contribution in [1.82, 2.24) is 14.8 Å². The van der Waals surface area contributed by atoms with Crippen molar-refractivity contribution < 1.29 is 19.1 Å². The number of carboxylic acids is 1. The zero-order valence-electron chi connectivity index (χ0n) is 17.6. The molecular weight excluding hydrogens is 439 g/mol. The van der Waals surface area contributed by atoms with Crippen molar-refractivity contribution in [2.75, 3.05) is 43.5 Å². The van der Waals surface area contributed by atoms with Crippen LogP contribution in [0.2, 0.25) is 0 Å². The monoisotopic (exact) mass is 464 g/mol. The van der Waals surface area contributed by atoms with Crippen LogP contribution in [0.25, 0.3) is 10.9 Å². The van der Waals surface area contributed by atoms with Gasteiger partial charge in [-0.05, 0) is 37.8 Å². The van der Waals surface area contributed by atoms with Crippen molar-refractivity contribution in [3.8, 4) is 0 Å². The first-order chi connectivity index (χ1) is 15.4. The van der Waals surface area contributed by atoms with Crippen LogP contribution in [-0.4, -0.2) is 65.2 Å². The van der Waals surface area contributed by atoms with E-state index in [0.29, 0.717) is 49.8 Å². The number of aromatic nitrogens is 1. The van der Waals surface area contributed by atoms with Gasteiger partial charge in [-0.25, -0.2) is 14.0 Å². The minimum absolute atomic E-state index is 0.0769. The summed E-state index contributed by atoms with van der Waals surface area (Å²) < 4.78 is 16.8. The van der Waals surface area contributed by atoms with E-state index < -0.39 is 17.2 Å². The number of unbranched alkanes of at least 4 members (excludes halogenated alkanes) is 1. The molecular formula is C22H26ClFN4O4. The molecule has 1 aliphatic carbocycles. The number of benzene rings is 1. The van der Waals surface area contributed by atoms with Crippen LogP contribution in [0.5, 0.6) is 0 Å². The molecule has 0 bridgehead atoms. The third-order valence-electron chi connectivity index (χ3n) is 6.02. The summed E-state index contributed by atoms with van der Waals surface area (Å²) in [5.41, 5.74) is -0.123. The molecule has 2 fully saturated rings. The van der Waals surface area contributed by atoms with E-state index in [1.54, 1.807) is 15.5 Å². The fourth-order valence-electron chi connectivity index (χ4n) is 4.09. The Morgan fingerprint density at radius 3 is 2.50 bits per heavy atom. The number of piperazine rings is 1. The van der Waals surface area contributed by atoms with Crippen LogP contribution in [-0.2, 0) is 0 Å². The van der Waals surface area contributed by atoms with Crippen LogP contribution in [0.3, 0.4) is 0 Å². The molecule has 0 radical (unpaired) electrons. The minimum atomic E-state index is -1.31. The molecule has 10 heteroatoms. The highest BCUT2D eigenvalue weighted by Gasteiger charge is 2.29. The standard InChI is InChI=1S/C22H26ClFN4O4/c23-5-1-2-6-25-22(32)27-9-7-26(8-10-27)19-12-18-15(11-17(19)24)20(29)16(21(30)31)13-28(18)14-3-4-14/h11-14H,1-10H2,(H,25,32)(H,30,31). The van der Waals surface area contributed by atoms with E-state index in [9.17, 15) is 19.5 Å². The number of nitrogens with zero attached hydrogens (tertiary/aromatic N) is 3. The van der Waals surface area contributed by atoms with Crippen LogP contribution < -0.4 is 15.6 Å². The number of aromatic carboxylic acids is 1. The molecule has 2 aromatic rings. The summed E-state index contributed by atoms with van der Waals surface area (Å²) in [6.07, 6.45) is 4.82. The number of hydrogen-bond acceptors (Lipinski definition) is 4. The number of halogens is 2. The number of anilines is 1. The minimum Gasteiger partial charge on any atom is -0.477 e. The van der Waals surface area contributed by atoms with Crippen molar-refractivity contribution >= 4 is 40.2 Å². The van der Waals surface area contributed by atoms with Crippen molar-refractivity contribution in [3.63, 3.8) is 0 Å². The molecule has 4 rings (SSSR count).